The second kappa shape index (κ2) is 7.37. The largest absolute Gasteiger partial charge is 0.323 e. The molecule has 0 fully saturated rings. The first kappa shape index (κ1) is 18.1. The molecule has 0 bridgehead atoms. The van der Waals surface area contributed by atoms with Crippen LogP contribution in [0.3, 0.4) is 0 Å². The standard InChI is InChI=1S/C23H25N3S/c1-5-16-17-9-7-8-10-18(17)22(24-14-26(4)6-2)23-21(16)19-12-11-15(3)13-20(19)27-25-23/h5,7-13,25H,6,14H2,1-4H3/b16-5-,24-22-. The van der Waals surface area contributed by atoms with Gasteiger partial charge in [-0.25, -0.2) is 0 Å². The van der Waals surface area contributed by atoms with Gasteiger partial charge in [0.25, 0.3) is 0 Å². The summed E-state index contributed by atoms with van der Waals surface area (Å²) >= 11 is 1.69. The average Bonchev–Trinajstić information content (AvgIpc) is 2.70. The molecular weight excluding hydrogens is 350 g/mol. The molecule has 3 nitrogen and oxygen atoms in total. The molecule has 0 spiro atoms. The van der Waals surface area contributed by atoms with Crippen molar-refractivity contribution in [2.45, 2.75) is 25.7 Å². The van der Waals surface area contributed by atoms with Crippen molar-refractivity contribution in [3.8, 4) is 0 Å². The molecule has 1 aliphatic heterocycles. The molecule has 1 N–H and O–H groups in total. The number of fused-ring (bicyclic) bond motifs is 3. The van der Waals surface area contributed by atoms with Crippen LogP contribution in [0.15, 0.2) is 64.1 Å². The lowest BCUT2D eigenvalue weighted by Gasteiger charge is -2.32. The summed E-state index contributed by atoms with van der Waals surface area (Å²) in [5.74, 6) is 0. The van der Waals surface area contributed by atoms with E-state index in [9.17, 15) is 0 Å². The third-order valence-corrected chi connectivity index (χ3v) is 6.06. The molecule has 4 heteroatoms. The van der Waals surface area contributed by atoms with Gasteiger partial charge in [0.1, 0.15) is 0 Å². The number of aliphatic imine (C=N–C) groups is 1. The van der Waals surface area contributed by atoms with Crippen LogP contribution >= 0.6 is 11.9 Å². The highest BCUT2D eigenvalue weighted by molar-refractivity contribution is 7.97. The van der Waals surface area contributed by atoms with Crippen LogP contribution in [0.2, 0.25) is 0 Å². The van der Waals surface area contributed by atoms with Gasteiger partial charge in [-0.3, -0.25) is 9.89 Å². The molecule has 0 radical (unpaired) electrons. The molecule has 2 aromatic carbocycles. The highest BCUT2D eigenvalue weighted by atomic mass is 32.2. The molecule has 27 heavy (non-hydrogen) atoms. The smallest absolute Gasteiger partial charge is 0.0915 e. The van der Waals surface area contributed by atoms with E-state index in [2.05, 4.69) is 86.0 Å². The first-order chi connectivity index (χ1) is 13.1. The van der Waals surface area contributed by atoms with Crippen LogP contribution in [0.25, 0.3) is 11.1 Å². The minimum atomic E-state index is 0.690. The Morgan fingerprint density at radius 1 is 1.11 bits per heavy atom. The van der Waals surface area contributed by atoms with E-state index < -0.39 is 0 Å². The SMILES string of the molecule is C/C=C1C2=C(NSc3cc(C)ccc32)/C(=N\CN(C)CC)c2ccccc2\1. The third-order valence-electron chi connectivity index (χ3n) is 5.20. The highest BCUT2D eigenvalue weighted by Crippen LogP contribution is 2.46. The van der Waals surface area contributed by atoms with Gasteiger partial charge in [0.2, 0.25) is 0 Å². The zero-order valence-electron chi connectivity index (χ0n) is 16.3. The summed E-state index contributed by atoms with van der Waals surface area (Å²) < 4.78 is 3.61. The molecule has 0 atom stereocenters. The molecule has 0 saturated carbocycles. The Morgan fingerprint density at radius 2 is 1.89 bits per heavy atom. The summed E-state index contributed by atoms with van der Waals surface area (Å²) in [6.07, 6.45) is 2.23. The molecule has 0 amide bonds. The molecule has 1 aliphatic carbocycles. The zero-order valence-corrected chi connectivity index (χ0v) is 17.2. The quantitative estimate of drug-likeness (QED) is 0.754. The van der Waals surface area contributed by atoms with Gasteiger partial charge >= 0.3 is 0 Å². The normalized spacial score (nSPS) is 18.4. The Balaban J connectivity index is 1.96. The number of aryl methyl sites for hydroxylation is 1. The lowest BCUT2D eigenvalue weighted by molar-refractivity contribution is 0.366. The minimum absolute atomic E-state index is 0.690. The van der Waals surface area contributed by atoms with Crippen molar-refractivity contribution in [1.29, 1.82) is 0 Å². The van der Waals surface area contributed by atoms with Crippen LogP contribution in [0.5, 0.6) is 0 Å². The fourth-order valence-corrected chi connectivity index (χ4v) is 4.54. The number of allylic oxidation sites excluding steroid dienone is 4. The van der Waals surface area contributed by atoms with Crippen LogP contribution in [0, 0.1) is 6.92 Å². The predicted molar refractivity (Wildman–Crippen MR) is 117 cm³/mol. The second-order valence-corrected chi connectivity index (χ2v) is 7.87. The third kappa shape index (κ3) is 3.13. The molecule has 0 unspecified atom stereocenters. The maximum absolute atomic E-state index is 5.02. The predicted octanol–water partition coefficient (Wildman–Crippen LogP) is 5.13. The van der Waals surface area contributed by atoms with Crippen LogP contribution in [0.4, 0.5) is 0 Å². The number of hydrogen-bond acceptors (Lipinski definition) is 4. The van der Waals surface area contributed by atoms with Crippen molar-refractivity contribution in [2.75, 3.05) is 20.3 Å². The van der Waals surface area contributed by atoms with Crippen molar-refractivity contribution in [3.05, 3.63) is 76.5 Å². The fourth-order valence-electron chi connectivity index (χ4n) is 3.61. The van der Waals surface area contributed by atoms with Gasteiger partial charge < -0.3 is 4.72 Å². The van der Waals surface area contributed by atoms with E-state index in [-0.39, 0.29) is 0 Å². The molecule has 0 aromatic heterocycles. The first-order valence-electron chi connectivity index (χ1n) is 9.42. The zero-order chi connectivity index (χ0) is 19.0. The Hall–Kier alpha value is -2.30. The molecule has 1 heterocycles. The Kier molecular flexibility index (Phi) is 4.94. The molecule has 138 valence electrons. The topological polar surface area (TPSA) is 27.6 Å². The Morgan fingerprint density at radius 3 is 2.63 bits per heavy atom. The summed E-state index contributed by atoms with van der Waals surface area (Å²) in [5.41, 5.74) is 9.78. The second-order valence-electron chi connectivity index (χ2n) is 7.02. The van der Waals surface area contributed by atoms with Crippen molar-refractivity contribution >= 4 is 28.8 Å². The Labute approximate surface area is 166 Å². The van der Waals surface area contributed by atoms with Gasteiger partial charge in [-0.2, -0.15) is 0 Å². The lowest BCUT2D eigenvalue weighted by Crippen LogP contribution is -2.28. The van der Waals surface area contributed by atoms with E-state index in [0.717, 1.165) is 18.0 Å². The summed E-state index contributed by atoms with van der Waals surface area (Å²) in [4.78, 5) is 8.51. The maximum Gasteiger partial charge on any atom is 0.0915 e. The van der Waals surface area contributed by atoms with E-state index in [1.54, 1.807) is 11.9 Å². The fraction of sp³-hybridized carbons (Fsp3) is 0.261. The summed E-state index contributed by atoms with van der Waals surface area (Å²) in [6.45, 7) is 8.10. The van der Waals surface area contributed by atoms with Crippen molar-refractivity contribution in [2.24, 2.45) is 4.99 Å². The van der Waals surface area contributed by atoms with E-state index in [0.29, 0.717) is 6.67 Å². The monoisotopic (exact) mass is 375 g/mol. The first-order valence-corrected chi connectivity index (χ1v) is 10.2. The summed E-state index contributed by atoms with van der Waals surface area (Å²) in [5, 5.41) is 0. The van der Waals surface area contributed by atoms with Crippen LogP contribution in [-0.2, 0) is 0 Å². The van der Waals surface area contributed by atoms with E-state index >= 15 is 0 Å². The van der Waals surface area contributed by atoms with Gasteiger partial charge in [-0.1, -0.05) is 49.4 Å². The number of hydrogen-bond donors (Lipinski definition) is 1. The number of rotatable bonds is 3. The highest BCUT2D eigenvalue weighted by Gasteiger charge is 2.32. The van der Waals surface area contributed by atoms with Crippen molar-refractivity contribution in [1.82, 2.24) is 9.62 Å². The molecule has 2 aliphatic rings. The Bertz CT molecular complexity index is 985. The number of nitrogens with zero attached hydrogens (tertiary/aromatic N) is 2. The van der Waals surface area contributed by atoms with E-state index in [1.165, 1.54) is 38.3 Å². The van der Waals surface area contributed by atoms with Crippen LogP contribution in [-0.4, -0.2) is 30.9 Å². The van der Waals surface area contributed by atoms with Crippen molar-refractivity contribution < 1.29 is 0 Å². The summed E-state index contributed by atoms with van der Waals surface area (Å²) in [7, 11) is 2.10. The average molecular weight is 376 g/mol. The van der Waals surface area contributed by atoms with Gasteiger partial charge in [-0.15, -0.1) is 0 Å². The molecule has 2 aromatic rings. The minimum Gasteiger partial charge on any atom is -0.323 e. The van der Waals surface area contributed by atoms with Gasteiger partial charge in [0.05, 0.1) is 18.1 Å². The summed E-state index contributed by atoms with van der Waals surface area (Å²) in [6, 6.07) is 15.3. The number of nitrogens with one attached hydrogen (secondary N) is 1. The van der Waals surface area contributed by atoms with Gasteiger partial charge in [0.15, 0.2) is 0 Å². The van der Waals surface area contributed by atoms with E-state index in [4.69, 9.17) is 4.99 Å². The maximum atomic E-state index is 5.02. The van der Waals surface area contributed by atoms with Crippen LogP contribution in [0.1, 0.15) is 36.1 Å². The number of benzene rings is 2. The molecular formula is C23H25N3S. The van der Waals surface area contributed by atoms with Crippen molar-refractivity contribution in [3.63, 3.8) is 0 Å². The molecule has 0 saturated heterocycles. The van der Waals surface area contributed by atoms with Gasteiger partial charge in [-0.05, 0) is 67.7 Å². The van der Waals surface area contributed by atoms with Crippen LogP contribution < -0.4 is 4.72 Å². The van der Waals surface area contributed by atoms with E-state index in [1.807, 2.05) is 0 Å². The lowest BCUT2D eigenvalue weighted by atomic mass is 9.80. The van der Waals surface area contributed by atoms with Gasteiger partial charge in [0, 0.05) is 16.0 Å². The molecule has 4 rings (SSSR count).